The highest BCUT2D eigenvalue weighted by atomic mass is 15.3. The molecule has 7 heteroatoms. The zero-order valence-corrected chi connectivity index (χ0v) is 19.5. The van der Waals surface area contributed by atoms with Crippen molar-refractivity contribution in [1.29, 1.82) is 0 Å². The van der Waals surface area contributed by atoms with Gasteiger partial charge in [0.2, 0.25) is 0 Å². The third kappa shape index (κ3) is 8.05. The second kappa shape index (κ2) is 12.2. The first-order valence-electron chi connectivity index (χ1n) is 11.0. The molecular formula is C23H39N7. The van der Waals surface area contributed by atoms with E-state index in [4.69, 9.17) is 4.99 Å². The molecule has 0 aliphatic carbocycles. The summed E-state index contributed by atoms with van der Waals surface area (Å²) in [5, 5.41) is 15.4. The number of rotatable bonds is 11. The van der Waals surface area contributed by atoms with Gasteiger partial charge in [0.25, 0.3) is 0 Å². The fraction of sp³-hybridized carbons (Fsp3) is 0.609. The number of aryl methyl sites for hydroxylation is 1. The molecule has 1 aromatic heterocycles. The molecular weight excluding hydrogens is 374 g/mol. The van der Waals surface area contributed by atoms with E-state index < -0.39 is 0 Å². The average Bonchev–Trinajstić information content (AvgIpc) is 3.05. The van der Waals surface area contributed by atoms with Crippen LogP contribution in [0.1, 0.15) is 51.7 Å². The normalized spacial score (nSPS) is 12.8. The third-order valence-corrected chi connectivity index (χ3v) is 5.28. The lowest BCUT2D eigenvalue weighted by Gasteiger charge is -2.21. The molecule has 0 aliphatic rings. The Morgan fingerprint density at radius 3 is 2.50 bits per heavy atom. The Labute approximate surface area is 182 Å². The van der Waals surface area contributed by atoms with Crippen molar-refractivity contribution in [3.63, 3.8) is 0 Å². The highest BCUT2D eigenvalue weighted by Gasteiger charge is 2.09. The molecule has 0 bridgehead atoms. The summed E-state index contributed by atoms with van der Waals surface area (Å²) in [5.74, 6) is 3.32. The number of para-hydroxylation sites is 1. The van der Waals surface area contributed by atoms with Crippen LogP contribution < -0.4 is 15.5 Å². The first-order chi connectivity index (χ1) is 14.4. The minimum absolute atomic E-state index is 0.367. The molecule has 7 nitrogen and oxygen atoms in total. The lowest BCUT2D eigenvalue weighted by Crippen LogP contribution is -2.43. The summed E-state index contributed by atoms with van der Waals surface area (Å²) in [7, 11) is 4.11. The molecule has 0 radical (unpaired) electrons. The van der Waals surface area contributed by atoms with E-state index in [2.05, 4.69) is 77.8 Å². The summed E-state index contributed by atoms with van der Waals surface area (Å²) in [5.41, 5.74) is 1.24. The molecule has 0 saturated heterocycles. The van der Waals surface area contributed by atoms with Crippen LogP contribution >= 0.6 is 0 Å². The standard InChI is InChI=1S/C23H39N7/c1-18(2)13-14-19(3)26-23(25-17-22-28-27-20(4)30(22)6)24-15-10-16-29(5)21-11-8-7-9-12-21/h7-9,11-12,18-19H,10,13-17H2,1-6H3,(H2,24,25,26). The van der Waals surface area contributed by atoms with E-state index in [0.717, 1.165) is 43.5 Å². The van der Waals surface area contributed by atoms with Crippen molar-refractivity contribution in [3.8, 4) is 0 Å². The largest absolute Gasteiger partial charge is 0.375 e. The van der Waals surface area contributed by atoms with Crippen LogP contribution in [0.2, 0.25) is 0 Å². The van der Waals surface area contributed by atoms with Gasteiger partial charge < -0.3 is 20.1 Å². The third-order valence-electron chi connectivity index (χ3n) is 5.28. The Morgan fingerprint density at radius 2 is 1.87 bits per heavy atom. The van der Waals surface area contributed by atoms with Gasteiger partial charge in [-0.15, -0.1) is 10.2 Å². The molecule has 0 fully saturated rings. The second-order valence-electron chi connectivity index (χ2n) is 8.44. The topological polar surface area (TPSA) is 70.4 Å². The lowest BCUT2D eigenvalue weighted by atomic mass is 10.0. The Hall–Kier alpha value is -2.57. The summed E-state index contributed by atoms with van der Waals surface area (Å²) in [6, 6.07) is 10.8. The van der Waals surface area contributed by atoms with E-state index in [1.807, 2.05) is 24.6 Å². The predicted octanol–water partition coefficient (Wildman–Crippen LogP) is 3.51. The summed E-state index contributed by atoms with van der Waals surface area (Å²) in [6.45, 7) is 11.0. The number of nitrogens with zero attached hydrogens (tertiary/aromatic N) is 5. The van der Waals surface area contributed by atoms with Gasteiger partial charge in [0, 0.05) is 38.9 Å². The van der Waals surface area contributed by atoms with Crippen LogP contribution in [0.3, 0.4) is 0 Å². The number of aromatic nitrogens is 3. The fourth-order valence-electron chi connectivity index (χ4n) is 3.11. The molecule has 0 spiro atoms. The molecule has 2 N–H and O–H groups in total. The van der Waals surface area contributed by atoms with Crippen molar-refractivity contribution < 1.29 is 0 Å². The van der Waals surface area contributed by atoms with Crippen molar-refractivity contribution in [2.75, 3.05) is 25.0 Å². The monoisotopic (exact) mass is 413 g/mol. The Morgan fingerprint density at radius 1 is 1.13 bits per heavy atom. The van der Waals surface area contributed by atoms with E-state index in [0.29, 0.717) is 18.5 Å². The van der Waals surface area contributed by atoms with E-state index in [9.17, 15) is 0 Å². The zero-order valence-electron chi connectivity index (χ0n) is 19.5. The van der Waals surface area contributed by atoms with Crippen molar-refractivity contribution in [2.45, 2.75) is 59.5 Å². The van der Waals surface area contributed by atoms with Crippen LogP contribution in [0, 0.1) is 12.8 Å². The number of guanidine groups is 1. The molecule has 1 heterocycles. The number of anilines is 1. The van der Waals surface area contributed by atoms with Crippen LogP contribution in [0.15, 0.2) is 35.3 Å². The van der Waals surface area contributed by atoms with E-state index in [1.54, 1.807) is 0 Å². The van der Waals surface area contributed by atoms with Crippen LogP contribution in [0.4, 0.5) is 5.69 Å². The first-order valence-corrected chi connectivity index (χ1v) is 11.0. The number of hydrogen-bond acceptors (Lipinski definition) is 4. The maximum absolute atomic E-state index is 4.77. The lowest BCUT2D eigenvalue weighted by molar-refractivity contribution is 0.488. The van der Waals surface area contributed by atoms with E-state index in [1.165, 1.54) is 12.1 Å². The van der Waals surface area contributed by atoms with Crippen molar-refractivity contribution in [3.05, 3.63) is 42.0 Å². The van der Waals surface area contributed by atoms with Gasteiger partial charge in [-0.2, -0.15) is 0 Å². The number of hydrogen-bond donors (Lipinski definition) is 2. The molecule has 166 valence electrons. The van der Waals surface area contributed by atoms with Gasteiger partial charge in [-0.25, -0.2) is 4.99 Å². The van der Waals surface area contributed by atoms with Crippen molar-refractivity contribution in [1.82, 2.24) is 25.4 Å². The highest BCUT2D eigenvalue weighted by molar-refractivity contribution is 5.80. The zero-order chi connectivity index (χ0) is 21.9. The van der Waals surface area contributed by atoms with Crippen LogP contribution in [-0.4, -0.2) is 46.9 Å². The number of aliphatic imine (C=N–C) groups is 1. The maximum atomic E-state index is 4.77. The van der Waals surface area contributed by atoms with E-state index in [-0.39, 0.29) is 0 Å². The number of benzene rings is 1. The highest BCUT2D eigenvalue weighted by Crippen LogP contribution is 2.11. The Kier molecular flexibility index (Phi) is 9.64. The molecule has 1 atom stereocenters. The van der Waals surface area contributed by atoms with Crippen molar-refractivity contribution >= 4 is 11.6 Å². The average molecular weight is 414 g/mol. The molecule has 0 saturated carbocycles. The van der Waals surface area contributed by atoms with Gasteiger partial charge in [-0.3, -0.25) is 0 Å². The van der Waals surface area contributed by atoms with Gasteiger partial charge in [0.15, 0.2) is 11.8 Å². The van der Waals surface area contributed by atoms with Gasteiger partial charge in [-0.05, 0) is 51.2 Å². The molecule has 0 aliphatic heterocycles. The van der Waals surface area contributed by atoms with Crippen molar-refractivity contribution in [2.24, 2.45) is 18.0 Å². The summed E-state index contributed by atoms with van der Waals surface area (Å²) >= 11 is 0. The molecule has 0 amide bonds. The molecule has 1 unspecified atom stereocenters. The second-order valence-corrected chi connectivity index (χ2v) is 8.44. The van der Waals surface area contributed by atoms with Gasteiger partial charge >= 0.3 is 0 Å². The minimum atomic E-state index is 0.367. The summed E-state index contributed by atoms with van der Waals surface area (Å²) < 4.78 is 1.98. The van der Waals surface area contributed by atoms with Gasteiger partial charge in [-0.1, -0.05) is 32.0 Å². The van der Waals surface area contributed by atoms with Crippen LogP contribution in [0.25, 0.3) is 0 Å². The van der Waals surface area contributed by atoms with Gasteiger partial charge in [0.1, 0.15) is 12.4 Å². The quantitative estimate of drug-likeness (QED) is 0.335. The van der Waals surface area contributed by atoms with Crippen LogP contribution in [0.5, 0.6) is 0 Å². The maximum Gasteiger partial charge on any atom is 0.191 e. The van der Waals surface area contributed by atoms with Crippen LogP contribution in [-0.2, 0) is 13.6 Å². The smallest absolute Gasteiger partial charge is 0.191 e. The predicted molar refractivity (Wildman–Crippen MR) is 126 cm³/mol. The van der Waals surface area contributed by atoms with E-state index >= 15 is 0 Å². The molecule has 1 aromatic carbocycles. The fourth-order valence-corrected chi connectivity index (χ4v) is 3.11. The summed E-state index contributed by atoms with van der Waals surface area (Å²) in [6.07, 6.45) is 3.35. The number of nitrogens with one attached hydrogen (secondary N) is 2. The Balaban J connectivity index is 1.89. The SMILES string of the molecule is Cc1nnc(CN=C(NCCCN(C)c2ccccc2)NC(C)CCC(C)C)n1C. The molecule has 30 heavy (non-hydrogen) atoms. The minimum Gasteiger partial charge on any atom is -0.375 e. The summed E-state index contributed by atoms with van der Waals surface area (Å²) in [4.78, 5) is 7.04. The molecule has 2 rings (SSSR count). The Bertz CT molecular complexity index is 767. The molecule has 2 aromatic rings. The first kappa shape index (κ1) is 23.7. The van der Waals surface area contributed by atoms with Gasteiger partial charge in [0.05, 0.1) is 0 Å².